The van der Waals surface area contributed by atoms with Crippen molar-refractivity contribution >= 4 is 135 Å². The molecule has 2 aromatic heterocycles. The van der Waals surface area contributed by atoms with E-state index in [0.29, 0.717) is 44.0 Å². The van der Waals surface area contributed by atoms with Crippen LogP contribution in [0.3, 0.4) is 0 Å². The maximum absolute atomic E-state index is 15.6. The number of ether oxygens (including phenoxy) is 4. The Morgan fingerprint density at radius 1 is 0.500 bits per heavy atom. The first-order chi connectivity index (χ1) is 37.9. The molecule has 2 aliphatic heterocycles. The third-order valence-electron chi connectivity index (χ3n) is 13.2. The normalized spacial score (nSPS) is 16.5. The number of nitrogens with zero attached hydrogens (tertiary/aromatic N) is 6. The minimum atomic E-state index is -2.50. The van der Waals surface area contributed by atoms with Gasteiger partial charge in [0.1, 0.15) is 35.1 Å². The van der Waals surface area contributed by atoms with Crippen LogP contribution in [-0.4, -0.2) is 87.3 Å². The second-order valence-corrected chi connectivity index (χ2v) is 22.9. The van der Waals surface area contributed by atoms with Crippen LogP contribution >= 0.6 is 70.6 Å². The van der Waals surface area contributed by atoms with Crippen LogP contribution in [-0.2, 0) is 85.0 Å². The van der Waals surface area contributed by atoms with Gasteiger partial charge >= 0.3 is 23.9 Å². The molecule has 0 N–H and O–H groups in total. The topological polar surface area (TPSA) is 196 Å². The number of thioether (sulfide) groups is 2. The van der Waals surface area contributed by atoms with Gasteiger partial charge in [-0.15, -0.1) is 0 Å². The van der Waals surface area contributed by atoms with Gasteiger partial charge in [0.2, 0.25) is 21.1 Å². The van der Waals surface area contributed by atoms with Gasteiger partial charge in [0, 0.05) is 13.1 Å². The van der Waals surface area contributed by atoms with Crippen molar-refractivity contribution in [3.8, 4) is 20.9 Å². The van der Waals surface area contributed by atoms with Crippen LogP contribution in [0.5, 0.6) is 0 Å². The maximum atomic E-state index is 15.6. The number of aromatic nitrogens is 2. The SMILES string of the molecule is CCN1C(=O)/C(=N/c2nc3c(s2)-c2cc4c(cc2C3(C(=O)OCc2ccccc2)C(=O)OCc2ccccc2)-c2sc(/N=C3\SC(=S)N(CC)C3=O)nc2C4(C(=O)OCc2ccccc2)C(=O)OCc2ccccc2)SC1=S. The maximum Gasteiger partial charge on any atom is 0.334 e. The van der Waals surface area contributed by atoms with E-state index >= 15 is 19.2 Å². The molecule has 2 saturated heterocycles. The molecule has 2 aliphatic carbocycles. The Labute approximate surface area is 472 Å². The van der Waals surface area contributed by atoms with Gasteiger partial charge in [-0.2, -0.15) is 0 Å². The van der Waals surface area contributed by atoms with Crippen molar-refractivity contribution in [3.05, 3.63) is 178 Å². The lowest BCUT2D eigenvalue weighted by Gasteiger charge is -2.28. The van der Waals surface area contributed by atoms with Crippen LogP contribution in [0.15, 0.2) is 143 Å². The molecule has 0 bridgehead atoms. The molecule has 0 radical (unpaired) electrons. The zero-order chi connectivity index (χ0) is 54.3. The molecule has 5 aromatic carbocycles. The van der Waals surface area contributed by atoms with Crippen molar-refractivity contribution in [1.82, 2.24) is 19.8 Å². The van der Waals surface area contributed by atoms with Crippen LogP contribution < -0.4 is 0 Å². The lowest BCUT2D eigenvalue weighted by atomic mass is 9.76. The summed E-state index contributed by atoms with van der Waals surface area (Å²) in [6.45, 7) is 3.09. The molecule has 16 nitrogen and oxygen atoms in total. The number of rotatable bonds is 16. The minimum Gasteiger partial charge on any atom is -0.459 e. The summed E-state index contributed by atoms with van der Waals surface area (Å²) in [6, 6.07) is 38.6. The highest BCUT2D eigenvalue weighted by Crippen LogP contribution is 2.61. The number of thiazole rings is 2. The fourth-order valence-corrected chi connectivity index (χ4v) is 14.1. The van der Waals surface area contributed by atoms with E-state index in [-0.39, 0.29) is 90.2 Å². The highest BCUT2D eigenvalue weighted by atomic mass is 32.2. The number of carbonyl (C=O) groups excluding carboxylic acids is 6. The van der Waals surface area contributed by atoms with E-state index < -0.39 is 46.5 Å². The van der Waals surface area contributed by atoms with E-state index in [1.165, 1.54) is 9.80 Å². The molecule has 4 aliphatic rings. The monoisotopic (exact) mass is 1150 g/mol. The Kier molecular flexibility index (Phi) is 14.6. The third kappa shape index (κ3) is 9.14. The molecular formula is C56H40N6O10S6. The molecule has 0 unspecified atom stereocenters. The molecule has 7 aromatic rings. The van der Waals surface area contributed by atoms with Gasteiger partial charge in [0.05, 0.1) is 21.1 Å². The average molecular weight is 1150 g/mol. The molecule has 390 valence electrons. The van der Waals surface area contributed by atoms with Gasteiger partial charge in [-0.3, -0.25) is 38.6 Å². The predicted octanol–water partition coefficient (Wildman–Crippen LogP) is 9.93. The average Bonchev–Trinajstić information content (AvgIpc) is 4.47. The summed E-state index contributed by atoms with van der Waals surface area (Å²) in [4.78, 5) is 112. The van der Waals surface area contributed by atoms with Crippen molar-refractivity contribution < 1.29 is 47.7 Å². The van der Waals surface area contributed by atoms with E-state index in [0.717, 1.165) is 46.2 Å². The van der Waals surface area contributed by atoms with E-state index in [4.69, 9.17) is 53.4 Å². The molecular weight excluding hydrogens is 1110 g/mol. The predicted molar refractivity (Wildman–Crippen MR) is 305 cm³/mol. The lowest BCUT2D eigenvalue weighted by molar-refractivity contribution is -0.166. The third-order valence-corrected chi connectivity index (χ3v) is 17.8. The molecule has 0 atom stereocenters. The zero-order valence-corrected chi connectivity index (χ0v) is 46.1. The van der Waals surface area contributed by atoms with E-state index in [2.05, 4.69) is 9.98 Å². The number of thiocarbonyl (C=S) groups is 2. The van der Waals surface area contributed by atoms with E-state index in [1.807, 2.05) is 24.3 Å². The van der Waals surface area contributed by atoms with Crippen LogP contribution in [0.4, 0.5) is 10.3 Å². The van der Waals surface area contributed by atoms with Crippen molar-refractivity contribution in [2.45, 2.75) is 51.1 Å². The minimum absolute atomic E-state index is 0.0142. The Balaban J connectivity index is 1.16. The van der Waals surface area contributed by atoms with Crippen molar-refractivity contribution in [2.24, 2.45) is 9.98 Å². The fraction of sp³-hybridized carbons (Fsp3) is 0.179. The highest BCUT2D eigenvalue weighted by molar-refractivity contribution is 8.35. The van der Waals surface area contributed by atoms with Gasteiger partial charge in [-0.1, -0.05) is 168 Å². The number of esters is 4. The van der Waals surface area contributed by atoms with Crippen LogP contribution in [0.2, 0.25) is 0 Å². The smallest absolute Gasteiger partial charge is 0.334 e. The molecule has 4 heterocycles. The number of hydrogen-bond donors (Lipinski definition) is 0. The second kappa shape index (κ2) is 21.7. The summed E-state index contributed by atoms with van der Waals surface area (Å²) < 4.78 is 25.2. The molecule has 0 spiro atoms. The summed E-state index contributed by atoms with van der Waals surface area (Å²) in [7, 11) is 0. The largest absolute Gasteiger partial charge is 0.459 e. The van der Waals surface area contributed by atoms with Crippen LogP contribution in [0.25, 0.3) is 20.9 Å². The Bertz CT molecular complexity index is 3350. The number of amides is 2. The highest BCUT2D eigenvalue weighted by Gasteiger charge is 2.65. The van der Waals surface area contributed by atoms with Crippen LogP contribution in [0, 0.1) is 0 Å². The summed E-state index contributed by atoms with van der Waals surface area (Å²) >= 11 is 14.9. The van der Waals surface area contributed by atoms with Gasteiger partial charge < -0.3 is 18.9 Å². The first-order valence-electron chi connectivity index (χ1n) is 24.2. The number of fused-ring (bicyclic) bond motifs is 6. The van der Waals surface area contributed by atoms with E-state index in [1.54, 1.807) is 123 Å². The summed E-state index contributed by atoms with van der Waals surface area (Å²) in [5.74, 6) is -5.13. The van der Waals surface area contributed by atoms with Gasteiger partial charge in [0.15, 0.2) is 10.1 Å². The molecule has 78 heavy (non-hydrogen) atoms. The van der Waals surface area contributed by atoms with Gasteiger partial charge in [0.25, 0.3) is 11.8 Å². The summed E-state index contributed by atoms with van der Waals surface area (Å²) in [6.07, 6.45) is 0. The number of carbonyl (C=O) groups is 6. The lowest BCUT2D eigenvalue weighted by Crippen LogP contribution is -2.47. The quantitative estimate of drug-likeness (QED) is 0.0383. The molecule has 22 heteroatoms. The second-order valence-electron chi connectivity index (χ2n) is 17.7. The Hall–Kier alpha value is -7.60. The standard InChI is InChI=1S/C56H40N6O10S6/c1-3-61-45(63)43(77-53(61)73)59-51-57-41-39(75-51)35-25-38-36(26-37(35)55(41,47(65)69-27-31-17-9-5-10-18-31)48(66)70-28-32-19-11-6-12-20-32)40-42(58-52(76-40)60-44-46(64)62(4-2)54(74)78-44)56(38,49(67)71-29-33-21-13-7-14-22-33)50(68)72-30-34-23-15-8-16-24-34/h5-26H,3-4,27-30H2,1-2H3/b59-43-,60-44-. The van der Waals surface area contributed by atoms with Crippen molar-refractivity contribution in [3.63, 3.8) is 0 Å². The Morgan fingerprint density at radius 3 is 1.06 bits per heavy atom. The van der Waals surface area contributed by atoms with Gasteiger partial charge in [-0.05, 0) is 94.0 Å². The van der Waals surface area contributed by atoms with E-state index in [9.17, 15) is 9.59 Å². The molecule has 0 saturated carbocycles. The fourth-order valence-electron chi connectivity index (χ4n) is 9.38. The molecule has 2 amide bonds. The summed E-state index contributed by atoms with van der Waals surface area (Å²) in [5, 5.41) is 0.00954. The molecule has 2 fully saturated rings. The summed E-state index contributed by atoms with van der Waals surface area (Å²) in [5.41, 5.74) is -2.34. The van der Waals surface area contributed by atoms with Crippen molar-refractivity contribution in [2.75, 3.05) is 13.1 Å². The first kappa shape index (κ1) is 52.5. The van der Waals surface area contributed by atoms with Crippen LogP contribution in [0.1, 0.15) is 58.6 Å². The van der Waals surface area contributed by atoms with Crippen molar-refractivity contribution in [1.29, 1.82) is 0 Å². The number of benzene rings is 5. The zero-order valence-electron chi connectivity index (χ0n) is 41.2. The first-order valence-corrected chi connectivity index (χ1v) is 28.3. The molecule has 11 rings (SSSR count). The number of aliphatic imine (C=N–C) groups is 2. The van der Waals surface area contributed by atoms with Gasteiger partial charge in [-0.25, -0.2) is 20.0 Å². The Morgan fingerprint density at radius 2 is 0.795 bits per heavy atom. The number of hydrogen-bond acceptors (Lipinski definition) is 20.